The van der Waals surface area contributed by atoms with Crippen molar-refractivity contribution in [3.63, 3.8) is 0 Å². The van der Waals surface area contributed by atoms with Gasteiger partial charge >= 0.3 is 0 Å². The molecule has 1 saturated heterocycles. The van der Waals surface area contributed by atoms with Crippen LogP contribution >= 0.6 is 0 Å². The molecule has 7 nitrogen and oxygen atoms in total. The van der Waals surface area contributed by atoms with Gasteiger partial charge in [0.1, 0.15) is 18.1 Å². The molecule has 2 unspecified atom stereocenters. The number of methoxy groups -OCH3 is 1. The number of para-hydroxylation sites is 3. The van der Waals surface area contributed by atoms with E-state index in [0.29, 0.717) is 17.1 Å². The molecule has 2 aromatic carbocycles. The predicted octanol–water partition coefficient (Wildman–Crippen LogP) is 3.94. The zero-order valence-electron chi connectivity index (χ0n) is 18.9. The normalized spacial score (nSPS) is 17.2. The molecule has 4 rings (SSSR count). The monoisotopic (exact) mass is 434 g/mol. The quantitative estimate of drug-likeness (QED) is 0.638. The van der Waals surface area contributed by atoms with Gasteiger partial charge < -0.3 is 19.5 Å². The summed E-state index contributed by atoms with van der Waals surface area (Å²) < 4.78 is 7.26. The van der Waals surface area contributed by atoms with Gasteiger partial charge in [-0.15, -0.1) is 0 Å². The highest BCUT2D eigenvalue weighted by atomic mass is 16.5. The van der Waals surface area contributed by atoms with Crippen molar-refractivity contribution in [1.29, 1.82) is 0 Å². The average Bonchev–Trinajstić information content (AvgIpc) is 3.17. The molecule has 2 heterocycles. The summed E-state index contributed by atoms with van der Waals surface area (Å²) in [6.07, 6.45) is 3.24. The lowest BCUT2D eigenvalue weighted by molar-refractivity contribution is -0.135. The van der Waals surface area contributed by atoms with Crippen molar-refractivity contribution in [2.75, 3.05) is 13.7 Å². The van der Waals surface area contributed by atoms with Crippen LogP contribution < -0.4 is 10.1 Å². The third-order valence-corrected chi connectivity index (χ3v) is 6.19. The first kappa shape index (κ1) is 21.9. The largest absolute Gasteiger partial charge is 0.496 e. The van der Waals surface area contributed by atoms with Gasteiger partial charge in [-0.25, -0.2) is 4.98 Å². The Morgan fingerprint density at radius 3 is 2.69 bits per heavy atom. The minimum Gasteiger partial charge on any atom is -0.496 e. The van der Waals surface area contributed by atoms with E-state index in [2.05, 4.69) is 12.2 Å². The zero-order chi connectivity index (χ0) is 22.7. The molecule has 0 bridgehead atoms. The van der Waals surface area contributed by atoms with E-state index < -0.39 is 6.04 Å². The van der Waals surface area contributed by atoms with Crippen LogP contribution in [0.2, 0.25) is 0 Å². The highest BCUT2D eigenvalue weighted by Crippen LogP contribution is 2.24. The van der Waals surface area contributed by atoms with Gasteiger partial charge in [0.2, 0.25) is 5.91 Å². The van der Waals surface area contributed by atoms with Gasteiger partial charge in [-0.05, 0) is 57.4 Å². The third kappa shape index (κ3) is 4.33. The Bertz CT molecular complexity index is 1120. The number of aromatic nitrogens is 2. The summed E-state index contributed by atoms with van der Waals surface area (Å²) in [5.41, 5.74) is 2.15. The Balaban J connectivity index is 1.62. The first-order valence-electron chi connectivity index (χ1n) is 11.2. The van der Waals surface area contributed by atoms with Crippen LogP contribution in [0.5, 0.6) is 5.75 Å². The summed E-state index contributed by atoms with van der Waals surface area (Å²) in [7, 11) is 1.54. The summed E-state index contributed by atoms with van der Waals surface area (Å²) in [4.78, 5) is 32.9. The van der Waals surface area contributed by atoms with Gasteiger partial charge in [0, 0.05) is 12.6 Å². The number of nitrogens with zero attached hydrogens (tertiary/aromatic N) is 3. The number of amides is 2. The lowest BCUT2D eigenvalue weighted by Crippen LogP contribution is -2.44. The van der Waals surface area contributed by atoms with Crippen molar-refractivity contribution < 1.29 is 14.3 Å². The van der Waals surface area contributed by atoms with Crippen molar-refractivity contribution in [3.05, 3.63) is 59.9 Å². The molecule has 0 spiro atoms. The maximum Gasteiger partial charge on any atom is 0.255 e. The van der Waals surface area contributed by atoms with Gasteiger partial charge in [-0.1, -0.05) is 24.3 Å². The Labute approximate surface area is 188 Å². The molecule has 1 aliphatic heterocycles. The van der Waals surface area contributed by atoms with E-state index in [1.54, 1.807) is 25.3 Å². The fourth-order valence-electron chi connectivity index (χ4n) is 4.46. The van der Waals surface area contributed by atoms with Gasteiger partial charge in [0.15, 0.2) is 0 Å². The highest BCUT2D eigenvalue weighted by molar-refractivity contribution is 5.97. The molecule has 0 radical (unpaired) electrons. The molecule has 1 fully saturated rings. The predicted molar refractivity (Wildman–Crippen MR) is 124 cm³/mol. The molecule has 32 heavy (non-hydrogen) atoms. The van der Waals surface area contributed by atoms with E-state index in [1.165, 1.54) is 0 Å². The van der Waals surface area contributed by atoms with Crippen molar-refractivity contribution in [2.45, 2.75) is 51.7 Å². The van der Waals surface area contributed by atoms with E-state index in [4.69, 9.17) is 9.72 Å². The first-order chi connectivity index (χ1) is 15.5. The van der Waals surface area contributed by atoms with Crippen LogP contribution in [0.3, 0.4) is 0 Å². The fourth-order valence-corrected chi connectivity index (χ4v) is 4.46. The molecular weight excluding hydrogens is 404 g/mol. The van der Waals surface area contributed by atoms with Crippen LogP contribution in [0.15, 0.2) is 48.5 Å². The summed E-state index contributed by atoms with van der Waals surface area (Å²) in [5.74, 6) is 1.02. The third-order valence-electron chi connectivity index (χ3n) is 6.19. The number of fused-ring (bicyclic) bond motifs is 1. The van der Waals surface area contributed by atoms with E-state index in [-0.39, 0.29) is 24.4 Å². The van der Waals surface area contributed by atoms with Crippen LogP contribution in [0, 0.1) is 0 Å². The Morgan fingerprint density at radius 1 is 1.16 bits per heavy atom. The lowest BCUT2D eigenvalue weighted by atomic mass is 10.0. The molecule has 0 saturated carbocycles. The summed E-state index contributed by atoms with van der Waals surface area (Å²) in [6, 6.07) is 14.7. The number of rotatable bonds is 6. The van der Waals surface area contributed by atoms with Gasteiger partial charge in [-0.2, -0.15) is 0 Å². The molecule has 2 amide bonds. The van der Waals surface area contributed by atoms with Crippen molar-refractivity contribution in [3.8, 4) is 5.75 Å². The van der Waals surface area contributed by atoms with Gasteiger partial charge in [0.05, 0.1) is 29.7 Å². The van der Waals surface area contributed by atoms with Crippen LogP contribution in [0.4, 0.5) is 0 Å². The minimum absolute atomic E-state index is 0.0878. The molecule has 1 aliphatic rings. The van der Waals surface area contributed by atoms with Crippen LogP contribution in [-0.2, 0) is 11.3 Å². The molecule has 168 valence electrons. The zero-order valence-corrected chi connectivity index (χ0v) is 18.9. The number of ether oxygens (including phenoxy) is 1. The molecule has 3 aromatic rings. The molecule has 1 N–H and O–H groups in total. The van der Waals surface area contributed by atoms with Crippen LogP contribution in [-0.4, -0.2) is 46.0 Å². The SMILES string of the molecule is COc1ccccc1C(=O)NC(C)c1nc2ccccc2n1CC(=O)N1CCCCC1C. The van der Waals surface area contributed by atoms with Gasteiger partial charge in [0.25, 0.3) is 5.91 Å². The molecule has 1 aromatic heterocycles. The van der Waals surface area contributed by atoms with E-state index in [1.807, 2.05) is 46.7 Å². The molecular formula is C25H30N4O3. The topological polar surface area (TPSA) is 76.5 Å². The van der Waals surface area contributed by atoms with Crippen molar-refractivity contribution in [1.82, 2.24) is 19.8 Å². The van der Waals surface area contributed by atoms with E-state index in [0.717, 1.165) is 36.8 Å². The number of piperidine rings is 1. The Kier molecular flexibility index (Phi) is 6.44. The molecule has 7 heteroatoms. The molecule has 2 atom stereocenters. The maximum atomic E-state index is 13.2. The number of hydrogen-bond donors (Lipinski definition) is 1. The average molecular weight is 435 g/mol. The van der Waals surface area contributed by atoms with E-state index in [9.17, 15) is 9.59 Å². The maximum absolute atomic E-state index is 13.2. The number of hydrogen-bond acceptors (Lipinski definition) is 4. The number of carbonyl (C=O) groups excluding carboxylic acids is 2. The minimum atomic E-state index is -0.397. The Hall–Kier alpha value is -3.35. The fraction of sp³-hybridized carbons (Fsp3) is 0.400. The number of benzene rings is 2. The standard InChI is InChI=1S/C25H30N4O3/c1-17-10-8-9-15-28(17)23(30)16-29-21-13-6-5-12-20(21)27-24(29)18(2)26-25(31)19-11-4-7-14-22(19)32-3/h4-7,11-14,17-18H,8-10,15-16H2,1-3H3,(H,26,31). The number of nitrogens with one attached hydrogen (secondary N) is 1. The summed E-state index contributed by atoms with van der Waals surface area (Å²) in [6.45, 7) is 5.00. The number of carbonyl (C=O) groups is 2. The second-order valence-corrected chi connectivity index (χ2v) is 8.37. The van der Waals surface area contributed by atoms with E-state index >= 15 is 0 Å². The molecule has 0 aliphatic carbocycles. The second-order valence-electron chi connectivity index (χ2n) is 8.37. The highest BCUT2D eigenvalue weighted by Gasteiger charge is 2.26. The van der Waals surface area contributed by atoms with Gasteiger partial charge in [-0.3, -0.25) is 9.59 Å². The lowest BCUT2D eigenvalue weighted by Gasteiger charge is -2.33. The van der Waals surface area contributed by atoms with Crippen molar-refractivity contribution >= 4 is 22.8 Å². The smallest absolute Gasteiger partial charge is 0.255 e. The summed E-state index contributed by atoms with van der Waals surface area (Å²) in [5, 5.41) is 3.02. The number of likely N-dealkylation sites (tertiary alicyclic amines) is 1. The van der Waals surface area contributed by atoms with Crippen molar-refractivity contribution in [2.24, 2.45) is 0 Å². The van der Waals surface area contributed by atoms with Crippen LogP contribution in [0.25, 0.3) is 11.0 Å². The second kappa shape index (κ2) is 9.42. The Morgan fingerprint density at radius 2 is 1.91 bits per heavy atom. The number of imidazole rings is 1. The summed E-state index contributed by atoms with van der Waals surface area (Å²) >= 11 is 0. The van der Waals surface area contributed by atoms with Crippen LogP contribution in [0.1, 0.15) is 55.3 Å². The first-order valence-corrected chi connectivity index (χ1v) is 11.2.